The number of hydrogen-bond donors (Lipinski definition) is 3. The van der Waals surface area contributed by atoms with Crippen molar-refractivity contribution in [1.82, 2.24) is 10.8 Å². The lowest BCUT2D eigenvalue weighted by Gasteiger charge is -2.17. The molecule has 1 fully saturated rings. The number of ether oxygens (including phenoxy) is 1. The van der Waals surface area contributed by atoms with Gasteiger partial charge in [0.05, 0.1) is 0 Å². The monoisotopic (exact) mass is 466 g/mol. The quantitative estimate of drug-likeness (QED) is 0.432. The van der Waals surface area contributed by atoms with Gasteiger partial charge in [-0.25, -0.2) is 15.1 Å². The average molecular weight is 467 g/mol. The van der Waals surface area contributed by atoms with Crippen LogP contribution in [0.1, 0.15) is 56.1 Å². The Bertz CT molecular complexity index is 1010. The molecule has 0 aliphatic heterocycles. The highest BCUT2D eigenvalue weighted by Crippen LogP contribution is 2.44. The first-order valence-corrected chi connectivity index (χ1v) is 11.7. The Morgan fingerprint density at radius 1 is 1.03 bits per heavy atom. The van der Waals surface area contributed by atoms with Crippen molar-refractivity contribution in [2.45, 2.75) is 57.1 Å². The van der Waals surface area contributed by atoms with Crippen LogP contribution in [0.3, 0.4) is 0 Å². The fourth-order valence-electron chi connectivity index (χ4n) is 4.41. The summed E-state index contributed by atoms with van der Waals surface area (Å²) in [6, 6.07) is 16.2. The molecule has 1 saturated carbocycles. The van der Waals surface area contributed by atoms with Gasteiger partial charge in [-0.1, -0.05) is 48.5 Å². The summed E-state index contributed by atoms with van der Waals surface area (Å²) >= 11 is 0. The van der Waals surface area contributed by atoms with Crippen molar-refractivity contribution in [2.75, 3.05) is 6.61 Å². The van der Waals surface area contributed by atoms with Gasteiger partial charge in [-0.05, 0) is 60.8 Å². The standard InChI is InChI=1S/C26H30N2O6/c1-16(7-6-12-23(29)28-34-24(25(30)31)17-13-14-17)27-26(32)33-15-22-20-10-4-2-8-18(20)19-9-3-5-11-21(19)22/h2-5,8-11,16-17,22,24H,6-7,12-15H2,1H3,(H,27,32)(H,28,29)(H,30,31). The zero-order valence-electron chi connectivity index (χ0n) is 19.2. The number of benzene rings is 2. The summed E-state index contributed by atoms with van der Waals surface area (Å²) in [6.45, 7) is 2.10. The van der Waals surface area contributed by atoms with E-state index in [1.54, 1.807) is 0 Å². The average Bonchev–Trinajstić information content (AvgIpc) is 3.60. The molecule has 34 heavy (non-hydrogen) atoms. The lowest BCUT2D eigenvalue weighted by Crippen LogP contribution is -2.36. The van der Waals surface area contributed by atoms with Crippen LogP contribution in [-0.2, 0) is 19.2 Å². The minimum atomic E-state index is -1.07. The highest BCUT2D eigenvalue weighted by atomic mass is 16.7. The molecule has 3 N–H and O–H groups in total. The van der Waals surface area contributed by atoms with Gasteiger partial charge in [-0.2, -0.15) is 0 Å². The number of amides is 2. The number of carbonyl (C=O) groups is 3. The van der Waals surface area contributed by atoms with Gasteiger partial charge in [0.2, 0.25) is 5.91 Å². The van der Waals surface area contributed by atoms with Crippen LogP contribution in [0.4, 0.5) is 4.79 Å². The second kappa shape index (κ2) is 10.7. The maximum Gasteiger partial charge on any atom is 0.407 e. The molecule has 2 aromatic rings. The van der Waals surface area contributed by atoms with Crippen molar-refractivity contribution in [2.24, 2.45) is 5.92 Å². The van der Waals surface area contributed by atoms with Gasteiger partial charge in [0.15, 0.2) is 6.10 Å². The second-order valence-corrected chi connectivity index (χ2v) is 9.00. The number of hydroxylamine groups is 1. The number of aliphatic carboxylic acids is 1. The Morgan fingerprint density at radius 2 is 1.65 bits per heavy atom. The molecule has 0 heterocycles. The van der Waals surface area contributed by atoms with E-state index in [0.29, 0.717) is 12.8 Å². The number of carboxylic acid groups (broad SMARTS) is 1. The van der Waals surface area contributed by atoms with Crippen LogP contribution in [0.25, 0.3) is 11.1 Å². The highest BCUT2D eigenvalue weighted by molar-refractivity contribution is 5.79. The molecule has 0 aromatic heterocycles. The van der Waals surface area contributed by atoms with Crippen LogP contribution in [0.5, 0.6) is 0 Å². The third-order valence-corrected chi connectivity index (χ3v) is 6.34. The van der Waals surface area contributed by atoms with Crippen molar-refractivity contribution in [3.8, 4) is 11.1 Å². The number of carboxylic acids is 1. The first kappa shape index (κ1) is 23.8. The zero-order chi connectivity index (χ0) is 24.1. The van der Waals surface area contributed by atoms with E-state index in [0.717, 1.165) is 24.0 Å². The Labute approximate surface area is 198 Å². The Morgan fingerprint density at radius 3 is 2.24 bits per heavy atom. The summed E-state index contributed by atoms with van der Waals surface area (Å²) in [5.41, 5.74) is 6.90. The zero-order valence-corrected chi connectivity index (χ0v) is 19.2. The summed E-state index contributed by atoms with van der Waals surface area (Å²) in [6.07, 6.45) is 1.38. The molecule has 2 amide bonds. The van der Waals surface area contributed by atoms with Crippen molar-refractivity contribution in [3.05, 3.63) is 59.7 Å². The summed E-state index contributed by atoms with van der Waals surface area (Å²) in [5, 5.41) is 11.9. The number of alkyl carbamates (subject to hydrolysis) is 1. The molecule has 4 rings (SSSR count). The highest BCUT2D eigenvalue weighted by Gasteiger charge is 2.38. The molecule has 0 spiro atoms. The summed E-state index contributed by atoms with van der Waals surface area (Å²) in [5.74, 6) is -1.47. The fourth-order valence-corrected chi connectivity index (χ4v) is 4.41. The van der Waals surface area contributed by atoms with Gasteiger partial charge in [0.1, 0.15) is 6.61 Å². The van der Waals surface area contributed by atoms with Crippen molar-refractivity contribution >= 4 is 18.0 Å². The van der Waals surface area contributed by atoms with E-state index in [1.165, 1.54) is 11.1 Å². The summed E-state index contributed by atoms with van der Waals surface area (Å²) in [7, 11) is 0. The molecular weight excluding hydrogens is 436 g/mol. The van der Waals surface area contributed by atoms with E-state index >= 15 is 0 Å². The molecule has 2 unspecified atom stereocenters. The molecule has 0 bridgehead atoms. The van der Waals surface area contributed by atoms with Gasteiger partial charge in [-0.3, -0.25) is 9.63 Å². The molecule has 180 valence electrons. The van der Waals surface area contributed by atoms with Crippen molar-refractivity contribution in [3.63, 3.8) is 0 Å². The van der Waals surface area contributed by atoms with Crippen LogP contribution >= 0.6 is 0 Å². The molecule has 0 saturated heterocycles. The number of rotatable bonds is 11. The smallest absolute Gasteiger partial charge is 0.407 e. The summed E-state index contributed by atoms with van der Waals surface area (Å²) < 4.78 is 5.55. The molecule has 2 aliphatic rings. The molecule has 8 heteroatoms. The molecule has 0 radical (unpaired) electrons. The fraction of sp³-hybridized carbons (Fsp3) is 0.423. The predicted molar refractivity (Wildman–Crippen MR) is 125 cm³/mol. The Hall–Kier alpha value is -3.39. The van der Waals surface area contributed by atoms with E-state index in [1.807, 2.05) is 31.2 Å². The summed E-state index contributed by atoms with van der Waals surface area (Å²) in [4.78, 5) is 40.5. The van der Waals surface area contributed by atoms with E-state index in [9.17, 15) is 14.4 Å². The number of nitrogens with one attached hydrogen (secondary N) is 2. The molecule has 2 aromatic carbocycles. The first-order valence-electron chi connectivity index (χ1n) is 11.7. The van der Waals surface area contributed by atoms with Gasteiger partial charge in [-0.15, -0.1) is 0 Å². The van der Waals surface area contributed by atoms with Crippen molar-refractivity contribution in [1.29, 1.82) is 0 Å². The van der Waals surface area contributed by atoms with Gasteiger partial charge in [0.25, 0.3) is 0 Å². The van der Waals surface area contributed by atoms with E-state index in [-0.39, 0.29) is 36.8 Å². The van der Waals surface area contributed by atoms with E-state index in [4.69, 9.17) is 14.7 Å². The predicted octanol–water partition coefficient (Wildman–Crippen LogP) is 3.99. The van der Waals surface area contributed by atoms with Crippen molar-refractivity contribution < 1.29 is 29.1 Å². The number of hydrogen-bond acceptors (Lipinski definition) is 5. The molecule has 2 aliphatic carbocycles. The number of carbonyl (C=O) groups excluding carboxylic acids is 2. The maximum absolute atomic E-state index is 12.4. The first-order chi connectivity index (χ1) is 16.4. The SMILES string of the molecule is CC(CCCC(=O)NOC(C(=O)O)C1CC1)NC(=O)OCC1c2ccccc2-c2ccccc21. The normalized spacial score (nSPS) is 16.1. The van der Waals surface area contributed by atoms with E-state index in [2.05, 4.69) is 35.1 Å². The number of fused-ring (bicyclic) bond motifs is 3. The van der Waals surface area contributed by atoms with E-state index < -0.39 is 18.2 Å². The van der Waals surface area contributed by atoms with Gasteiger partial charge >= 0.3 is 12.1 Å². The van der Waals surface area contributed by atoms with Gasteiger partial charge < -0.3 is 15.2 Å². The van der Waals surface area contributed by atoms with Gasteiger partial charge in [0, 0.05) is 18.4 Å². The van der Waals surface area contributed by atoms with Crippen LogP contribution in [0.15, 0.2) is 48.5 Å². The minimum absolute atomic E-state index is 0.00224. The molecular formula is C26H30N2O6. The second-order valence-electron chi connectivity index (χ2n) is 9.00. The van der Waals surface area contributed by atoms with Crippen LogP contribution in [0.2, 0.25) is 0 Å². The van der Waals surface area contributed by atoms with Crippen LogP contribution in [0, 0.1) is 5.92 Å². The molecule has 8 nitrogen and oxygen atoms in total. The molecule has 2 atom stereocenters. The minimum Gasteiger partial charge on any atom is -0.479 e. The Kier molecular flexibility index (Phi) is 7.47. The third kappa shape index (κ3) is 5.75. The maximum atomic E-state index is 12.4. The lowest BCUT2D eigenvalue weighted by atomic mass is 9.98. The Balaban J connectivity index is 1.17. The van der Waals surface area contributed by atoms with Crippen LogP contribution < -0.4 is 10.8 Å². The lowest BCUT2D eigenvalue weighted by molar-refractivity contribution is -0.162. The largest absolute Gasteiger partial charge is 0.479 e. The topological polar surface area (TPSA) is 114 Å². The third-order valence-electron chi connectivity index (χ3n) is 6.34. The van der Waals surface area contributed by atoms with Crippen LogP contribution in [-0.4, -0.2) is 41.8 Å².